The number of carbonyl (C=O) groups is 1. The molecule has 0 amide bonds. The number of hydrogen-bond donors (Lipinski definition) is 1. The molecule has 0 aromatic heterocycles. The van der Waals surface area contributed by atoms with E-state index in [0.29, 0.717) is 19.8 Å². The van der Waals surface area contributed by atoms with Crippen molar-refractivity contribution in [3.8, 4) is 5.75 Å². The molecule has 21 heavy (non-hydrogen) atoms. The van der Waals surface area contributed by atoms with Gasteiger partial charge >= 0.3 is 5.97 Å². The van der Waals surface area contributed by atoms with E-state index < -0.39 is 0 Å². The van der Waals surface area contributed by atoms with E-state index in [1.54, 1.807) is 0 Å². The molecule has 1 aromatic rings. The van der Waals surface area contributed by atoms with Gasteiger partial charge in [-0.1, -0.05) is 19.1 Å². The summed E-state index contributed by atoms with van der Waals surface area (Å²) < 4.78 is 10.9. The van der Waals surface area contributed by atoms with Crippen LogP contribution in [0.4, 0.5) is 5.69 Å². The number of likely N-dealkylation sites (N-methyl/N-ethyl adjacent to an activating group) is 1. The topological polar surface area (TPSA) is 50.8 Å². The van der Waals surface area contributed by atoms with Gasteiger partial charge in [-0.25, -0.2) is 0 Å². The van der Waals surface area contributed by atoms with Crippen LogP contribution in [0.15, 0.2) is 24.3 Å². The highest BCUT2D eigenvalue weighted by atomic mass is 16.5. The van der Waals surface area contributed by atoms with Crippen LogP contribution in [0.2, 0.25) is 0 Å². The Hall–Kier alpha value is -1.75. The molecule has 116 valence electrons. The molecule has 1 N–H and O–H groups in total. The molecule has 1 aliphatic heterocycles. The Balaban J connectivity index is 2.14. The summed E-state index contributed by atoms with van der Waals surface area (Å²) in [7, 11) is 0. The summed E-state index contributed by atoms with van der Waals surface area (Å²) in [4.78, 5) is 14.3. The molecular weight excluding hydrogens is 268 g/mol. The van der Waals surface area contributed by atoms with Crippen molar-refractivity contribution in [1.29, 1.82) is 0 Å². The number of nitrogens with zero attached hydrogens (tertiary/aromatic N) is 1. The van der Waals surface area contributed by atoms with Gasteiger partial charge in [0.05, 0.1) is 18.9 Å². The van der Waals surface area contributed by atoms with Crippen LogP contribution < -0.4 is 15.0 Å². The first-order chi connectivity index (χ1) is 10.3. The minimum Gasteiger partial charge on any atom is -0.491 e. The predicted molar refractivity (Wildman–Crippen MR) is 82.9 cm³/mol. The molecule has 2 rings (SSSR count). The normalized spacial score (nSPS) is 15.6. The van der Waals surface area contributed by atoms with Crippen molar-refractivity contribution in [3.05, 3.63) is 24.3 Å². The Bertz CT molecular complexity index is 465. The fraction of sp³-hybridized carbons (Fsp3) is 0.562. The van der Waals surface area contributed by atoms with Gasteiger partial charge in [-0.2, -0.15) is 0 Å². The third-order valence-corrected chi connectivity index (χ3v) is 3.46. The highest BCUT2D eigenvalue weighted by molar-refractivity contribution is 5.77. The lowest BCUT2D eigenvalue weighted by molar-refractivity contribution is -0.145. The molecule has 5 heteroatoms. The first kappa shape index (κ1) is 15.6. The fourth-order valence-corrected chi connectivity index (χ4v) is 2.52. The van der Waals surface area contributed by atoms with E-state index in [1.165, 1.54) is 0 Å². The molecule has 1 aromatic carbocycles. The number of ether oxygens (including phenoxy) is 2. The molecule has 1 unspecified atom stereocenters. The fourth-order valence-electron chi connectivity index (χ4n) is 2.52. The third-order valence-electron chi connectivity index (χ3n) is 3.46. The van der Waals surface area contributed by atoms with Gasteiger partial charge in [0, 0.05) is 13.1 Å². The van der Waals surface area contributed by atoms with Gasteiger partial charge in [-0.3, -0.25) is 4.79 Å². The van der Waals surface area contributed by atoms with Crippen LogP contribution in [0.3, 0.4) is 0 Å². The van der Waals surface area contributed by atoms with Crippen molar-refractivity contribution in [2.45, 2.75) is 26.3 Å². The van der Waals surface area contributed by atoms with E-state index in [-0.39, 0.29) is 12.0 Å². The Morgan fingerprint density at radius 2 is 2.24 bits per heavy atom. The van der Waals surface area contributed by atoms with E-state index >= 15 is 0 Å². The van der Waals surface area contributed by atoms with Gasteiger partial charge in [0.2, 0.25) is 0 Å². The number of para-hydroxylation sites is 2. The SMILES string of the molecule is CCNC(CN1CCCOc2ccccc21)C(=O)OCC. The van der Waals surface area contributed by atoms with E-state index in [2.05, 4.69) is 10.2 Å². The lowest BCUT2D eigenvalue weighted by Crippen LogP contribution is -2.47. The number of nitrogens with one attached hydrogen (secondary N) is 1. The second-order valence-corrected chi connectivity index (χ2v) is 4.98. The summed E-state index contributed by atoms with van der Waals surface area (Å²) in [5.74, 6) is 0.691. The second-order valence-electron chi connectivity index (χ2n) is 4.98. The zero-order valence-electron chi connectivity index (χ0n) is 12.8. The summed E-state index contributed by atoms with van der Waals surface area (Å²) in [5, 5.41) is 3.21. The number of esters is 1. The van der Waals surface area contributed by atoms with Crippen LogP contribution in [-0.4, -0.2) is 44.9 Å². The Morgan fingerprint density at radius 3 is 3.00 bits per heavy atom. The summed E-state index contributed by atoms with van der Waals surface area (Å²) >= 11 is 0. The van der Waals surface area contributed by atoms with E-state index in [9.17, 15) is 4.79 Å². The average Bonchev–Trinajstić information content (AvgIpc) is 2.70. The first-order valence-corrected chi connectivity index (χ1v) is 7.63. The number of anilines is 1. The number of fused-ring (bicyclic) bond motifs is 1. The van der Waals surface area contributed by atoms with Crippen molar-refractivity contribution < 1.29 is 14.3 Å². The van der Waals surface area contributed by atoms with Crippen LogP contribution in [0.25, 0.3) is 0 Å². The molecule has 5 nitrogen and oxygen atoms in total. The largest absolute Gasteiger partial charge is 0.491 e. The second kappa shape index (κ2) is 7.88. The average molecular weight is 292 g/mol. The van der Waals surface area contributed by atoms with Crippen LogP contribution in [0.5, 0.6) is 5.75 Å². The first-order valence-electron chi connectivity index (χ1n) is 7.63. The lowest BCUT2D eigenvalue weighted by Gasteiger charge is -2.28. The summed E-state index contributed by atoms with van der Waals surface area (Å²) in [6.45, 7) is 7.13. The summed E-state index contributed by atoms with van der Waals surface area (Å²) in [6.07, 6.45) is 0.941. The van der Waals surface area contributed by atoms with E-state index in [0.717, 1.165) is 30.9 Å². The van der Waals surface area contributed by atoms with Crippen molar-refractivity contribution in [2.24, 2.45) is 0 Å². The summed E-state index contributed by atoms with van der Waals surface area (Å²) in [5.41, 5.74) is 1.04. The quantitative estimate of drug-likeness (QED) is 0.811. The smallest absolute Gasteiger partial charge is 0.324 e. The highest BCUT2D eigenvalue weighted by Crippen LogP contribution is 2.30. The molecule has 0 radical (unpaired) electrons. The molecule has 1 atom stereocenters. The summed E-state index contributed by atoms with van der Waals surface area (Å²) in [6, 6.07) is 7.65. The maximum absolute atomic E-state index is 12.1. The number of rotatable bonds is 6. The van der Waals surface area contributed by atoms with E-state index in [4.69, 9.17) is 9.47 Å². The monoisotopic (exact) mass is 292 g/mol. The van der Waals surface area contributed by atoms with Crippen molar-refractivity contribution in [2.75, 3.05) is 37.7 Å². The molecule has 0 saturated heterocycles. The van der Waals surface area contributed by atoms with Crippen LogP contribution in [-0.2, 0) is 9.53 Å². The molecular formula is C16H24N2O3. The van der Waals surface area contributed by atoms with Crippen molar-refractivity contribution >= 4 is 11.7 Å². The third kappa shape index (κ3) is 4.11. The zero-order chi connectivity index (χ0) is 15.1. The molecule has 0 spiro atoms. The van der Waals surface area contributed by atoms with E-state index in [1.807, 2.05) is 38.1 Å². The standard InChI is InChI=1S/C16H24N2O3/c1-3-17-13(16(19)20-4-2)12-18-10-7-11-21-15-9-6-5-8-14(15)18/h5-6,8-9,13,17H,3-4,7,10-12H2,1-2H3. The van der Waals surface area contributed by atoms with Gasteiger partial charge in [0.25, 0.3) is 0 Å². The molecule has 0 aliphatic carbocycles. The molecule has 0 fully saturated rings. The van der Waals surface area contributed by atoms with Gasteiger partial charge in [0.15, 0.2) is 0 Å². The van der Waals surface area contributed by atoms with Crippen molar-refractivity contribution in [1.82, 2.24) is 5.32 Å². The number of carbonyl (C=O) groups excluding carboxylic acids is 1. The van der Waals surface area contributed by atoms with Crippen LogP contribution in [0.1, 0.15) is 20.3 Å². The molecule has 1 aliphatic rings. The minimum absolute atomic E-state index is 0.193. The van der Waals surface area contributed by atoms with Crippen LogP contribution in [0, 0.1) is 0 Å². The minimum atomic E-state index is -0.318. The van der Waals surface area contributed by atoms with Gasteiger partial charge < -0.3 is 19.7 Å². The predicted octanol–water partition coefficient (Wildman–Crippen LogP) is 1.82. The maximum Gasteiger partial charge on any atom is 0.324 e. The zero-order valence-corrected chi connectivity index (χ0v) is 12.8. The molecule has 1 heterocycles. The van der Waals surface area contributed by atoms with Gasteiger partial charge in [0.1, 0.15) is 11.8 Å². The van der Waals surface area contributed by atoms with Gasteiger partial charge in [-0.05, 0) is 32.0 Å². The maximum atomic E-state index is 12.1. The Kier molecular flexibility index (Phi) is 5.87. The molecule has 0 bridgehead atoms. The Morgan fingerprint density at radius 1 is 1.43 bits per heavy atom. The highest BCUT2D eigenvalue weighted by Gasteiger charge is 2.24. The van der Waals surface area contributed by atoms with Crippen LogP contribution >= 0.6 is 0 Å². The molecule has 0 saturated carbocycles. The Labute approximate surface area is 126 Å². The van der Waals surface area contributed by atoms with Crippen molar-refractivity contribution in [3.63, 3.8) is 0 Å². The number of benzene rings is 1. The lowest BCUT2D eigenvalue weighted by atomic mass is 10.2. The van der Waals surface area contributed by atoms with Gasteiger partial charge in [-0.15, -0.1) is 0 Å². The number of hydrogen-bond acceptors (Lipinski definition) is 5.